The number of hydrazone groups is 1. The van der Waals surface area contributed by atoms with Crippen molar-refractivity contribution in [2.75, 3.05) is 30.7 Å². The molecule has 0 saturated carbocycles. The minimum Gasteiger partial charge on any atom is -0.486 e. The zero-order valence-corrected chi connectivity index (χ0v) is 25.6. The summed E-state index contributed by atoms with van der Waals surface area (Å²) in [5, 5.41) is 6.81. The summed E-state index contributed by atoms with van der Waals surface area (Å²) in [5.74, 6) is -0.440. The van der Waals surface area contributed by atoms with Gasteiger partial charge in [0.15, 0.2) is 18.1 Å². The molecule has 0 radical (unpaired) electrons. The minimum atomic E-state index is -4.29. The molecule has 1 heterocycles. The molecular formula is C33H31FN4O7S. The van der Waals surface area contributed by atoms with Crippen LogP contribution in [0.1, 0.15) is 24.1 Å². The number of amides is 2. The van der Waals surface area contributed by atoms with Gasteiger partial charge in [0, 0.05) is 6.07 Å². The maximum absolute atomic E-state index is 13.7. The van der Waals surface area contributed by atoms with Crippen LogP contribution in [0.5, 0.6) is 17.2 Å². The minimum absolute atomic E-state index is 0.0780. The normalized spacial score (nSPS) is 13.1. The molecule has 1 atom stereocenters. The SMILES string of the molecule is C[C@@H](NC(=O)COc1ccc(/C=N\NC(=O)CN(c2ccc(F)cc2)S(=O)(=O)c2ccc3c(c2)OCCO3)cc1)c1ccccc1. The van der Waals surface area contributed by atoms with Gasteiger partial charge >= 0.3 is 0 Å². The Kier molecular flexibility index (Phi) is 10.1. The summed E-state index contributed by atoms with van der Waals surface area (Å²) in [6.07, 6.45) is 1.37. The summed E-state index contributed by atoms with van der Waals surface area (Å²) in [4.78, 5) is 25.0. The first-order chi connectivity index (χ1) is 22.2. The number of sulfonamides is 1. The molecule has 0 unspecified atom stereocenters. The van der Waals surface area contributed by atoms with Gasteiger partial charge in [-0.3, -0.25) is 13.9 Å². The van der Waals surface area contributed by atoms with Gasteiger partial charge < -0.3 is 19.5 Å². The largest absolute Gasteiger partial charge is 0.486 e. The Hall–Kier alpha value is -5.43. The lowest BCUT2D eigenvalue weighted by Crippen LogP contribution is -2.39. The summed E-state index contributed by atoms with van der Waals surface area (Å²) in [5.41, 5.74) is 3.99. The first kappa shape index (κ1) is 32.0. The Morgan fingerprint density at radius 2 is 1.63 bits per heavy atom. The molecule has 0 saturated heterocycles. The van der Waals surface area contributed by atoms with Gasteiger partial charge in [0.2, 0.25) is 0 Å². The van der Waals surface area contributed by atoms with Gasteiger partial charge in [-0.1, -0.05) is 30.3 Å². The van der Waals surface area contributed by atoms with E-state index in [1.54, 1.807) is 24.3 Å². The van der Waals surface area contributed by atoms with Crippen molar-refractivity contribution in [2.24, 2.45) is 5.10 Å². The van der Waals surface area contributed by atoms with Crippen molar-refractivity contribution in [3.8, 4) is 17.2 Å². The second-order valence-electron chi connectivity index (χ2n) is 10.1. The predicted molar refractivity (Wildman–Crippen MR) is 169 cm³/mol. The first-order valence-corrected chi connectivity index (χ1v) is 15.7. The molecule has 1 aliphatic rings. The van der Waals surface area contributed by atoms with E-state index in [1.165, 1.54) is 36.5 Å². The van der Waals surface area contributed by atoms with Crippen LogP contribution in [0, 0.1) is 5.82 Å². The third-order valence-corrected chi connectivity index (χ3v) is 8.60. The molecule has 0 fully saturated rings. The number of fused-ring (bicyclic) bond motifs is 1. The maximum Gasteiger partial charge on any atom is 0.264 e. The fourth-order valence-corrected chi connectivity index (χ4v) is 5.92. The predicted octanol–water partition coefficient (Wildman–Crippen LogP) is 4.20. The number of ether oxygens (including phenoxy) is 3. The van der Waals surface area contributed by atoms with Crippen LogP contribution in [0.2, 0.25) is 0 Å². The Morgan fingerprint density at radius 3 is 2.35 bits per heavy atom. The molecule has 0 aromatic heterocycles. The molecule has 2 N–H and O–H groups in total. The van der Waals surface area contributed by atoms with Crippen molar-refractivity contribution >= 4 is 33.7 Å². The van der Waals surface area contributed by atoms with Crippen molar-refractivity contribution in [3.05, 3.63) is 114 Å². The summed E-state index contributed by atoms with van der Waals surface area (Å²) in [6.45, 7) is 1.69. The van der Waals surface area contributed by atoms with Crippen molar-refractivity contribution < 1.29 is 36.6 Å². The van der Waals surface area contributed by atoms with E-state index in [9.17, 15) is 22.4 Å². The van der Waals surface area contributed by atoms with Crippen LogP contribution in [-0.4, -0.2) is 52.8 Å². The van der Waals surface area contributed by atoms with Gasteiger partial charge in [-0.15, -0.1) is 0 Å². The van der Waals surface area contributed by atoms with Crippen LogP contribution in [0.25, 0.3) is 0 Å². The Morgan fingerprint density at radius 1 is 0.935 bits per heavy atom. The highest BCUT2D eigenvalue weighted by molar-refractivity contribution is 7.92. The van der Waals surface area contributed by atoms with Crippen LogP contribution >= 0.6 is 0 Å². The number of rotatable bonds is 12. The van der Waals surface area contributed by atoms with E-state index in [0.29, 0.717) is 23.7 Å². The first-order valence-electron chi connectivity index (χ1n) is 14.3. The number of anilines is 1. The molecule has 11 nitrogen and oxygen atoms in total. The standard InChI is InChI=1S/C33H31FN4O7S/c1-23(25-5-3-2-4-6-25)36-33(40)22-45-28-13-7-24(8-14-28)20-35-37-32(39)21-38(27-11-9-26(34)10-12-27)46(41,42)29-15-16-30-31(19-29)44-18-17-43-30/h2-16,19-20,23H,17-18,21-22H2,1H3,(H,36,40)(H,37,39)/b35-20-/t23-/m1/s1. The number of carbonyl (C=O) groups is 2. The molecule has 0 spiro atoms. The van der Waals surface area contributed by atoms with Gasteiger partial charge in [-0.05, 0) is 78.7 Å². The molecule has 46 heavy (non-hydrogen) atoms. The topological polar surface area (TPSA) is 136 Å². The number of hydrogen-bond acceptors (Lipinski definition) is 8. The van der Waals surface area contributed by atoms with Crippen molar-refractivity contribution in [3.63, 3.8) is 0 Å². The van der Waals surface area contributed by atoms with E-state index in [1.807, 2.05) is 37.3 Å². The highest BCUT2D eigenvalue weighted by Gasteiger charge is 2.29. The molecule has 2 amide bonds. The van der Waals surface area contributed by atoms with Crippen LogP contribution in [0.4, 0.5) is 10.1 Å². The van der Waals surface area contributed by atoms with E-state index in [0.717, 1.165) is 22.0 Å². The van der Waals surface area contributed by atoms with Crippen molar-refractivity contribution in [1.29, 1.82) is 0 Å². The van der Waals surface area contributed by atoms with Gasteiger partial charge in [0.1, 0.15) is 31.3 Å². The zero-order valence-electron chi connectivity index (χ0n) is 24.8. The van der Waals surface area contributed by atoms with Crippen LogP contribution in [-0.2, 0) is 19.6 Å². The lowest BCUT2D eigenvalue weighted by molar-refractivity contribution is -0.123. The fraction of sp³-hybridized carbons (Fsp3) is 0.182. The van der Waals surface area contributed by atoms with Crippen LogP contribution in [0.15, 0.2) is 107 Å². The molecule has 0 bridgehead atoms. The summed E-state index contributed by atoms with van der Waals surface area (Å²) in [7, 11) is -4.29. The Labute approximate surface area is 265 Å². The highest BCUT2D eigenvalue weighted by atomic mass is 32.2. The highest BCUT2D eigenvalue weighted by Crippen LogP contribution is 2.34. The molecular weight excluding hydrogens is 615 g/mol. The number of nitrogens with zero attached hydrogens (tertiary/aromatic N) is 2. The fourth-order valence-electron chi connectivity index (χ4n) is 4.49. The number of benzene rings is 4. The van der Waals surface area contributed by atoms with Crippen LogP contribution in [0.3, 0.4) is 0 Å². The summed E-state index contributed by atoms with van der Waals surface area (Å²) in [6, 6.07) is 24.9. The third kappa shape index (κ3) is 8.18. The number of halogens is 1. The van der Waals surface area contributed by atoms with E-state index >= 15 is 0 Å². The van der Waals surface area contributed by atoms with E-state index in [2.05, 4.69) is 15.8 Å². The quantitative estimate of drug-likeness (QED) is 0.174. The average molecular weight is 647 g/mol. The van der Waals surface area contributed by atoms with E-state index < -0.39 is 28.3 Å². The zero-order chi connectivity index (χ0) is 32.5. The van der Waals surface area contributed by atoms with Crippen molar-refractivity contribution in [1.82, 2.24) is 10.7 Å². The van der Waals surface area contributed by atoms with E-state index in [-0.39, 0.29) is 41.5 Å². The monoisotopic (exact) mass is 646 g/mol. The van der Waals surface area contributed by atoms with Gasteiger partial charge in [0.05, 0.1) is 22.8 Å². The molecule has 13 heteroatoms. The van der Waals surface area contributed by atoms with Crippen LogP contribution < -0.4 is 29.3 Å². The lowest BCUT2D eigenvalue weighted by Gasteiger charge is -2.25. The lowest BCUT2D eigenvalue weighted by atomic mass is 10.1. The molecule has 4 aromatic carbocycles. The van der Waals surface area contributed by atoms with Gasteiger partial charge in [0.25, 0.3) is 21.8 Å². The second kappa shape index (κ2) is 14.6. The van der Waals surface area contributed by atoms with Gasteiger partial charge in [-0.25, -0.2) is 18.2 Å². The van der Waals surface area contributed by atoms with E-state index in [4.69, 9.17) is 14.2 Å². The average Bonchev–Trinajstić information content (AvgIpc) is 3.07. The Balaban J connectivity index is 1.18. The number of carbonyl (C=O) groups excluding carboxylic acids is 2. The number of nitrogens with one attached hydrogen (secondary N) is 2. The number of hydrogen-bond donors (Lipinski definition) is 2. The molecule has 5 rings (SSSR count). The Bertz CT molecular complexity index is 1800. The molecule has 1 aliphatic heterocycles. The van der Waals surface area contributed by atoms with Gasteiger partial charge in [-0.2, -0.15) is 5.10 Å². The molecule has 0 aliphatic carbocycles. The summed E-state index contributed by atoms with van der Waals surface area (Å²) >= 11 is 0. The molecule has 4 aromatic rings. The smallest absolute Gasteiger partial charge is 0.264 e. The second-order valence-corrected chi connectivity index (χ2v) is 12.0. The summed E-state index contributed by atoms with van der Waals surface area (Å²) < 4.78 is 58.4. The third-order valence-electron chi connectivity index (χ3n) is 6.83. The molecule has 238 valence electrons. The van der Waals surface area contributed by atoms with Crippen molar-refractivity contribution in [2.45, 2.75) is 17.9 Å². The maximum atomic E-state index is 13.7.